The average Bonchev–Trinajstić information content (AvgIpc) is 2.95. The summed E-state index contributed by atoms with van der Waals surface area (Å²) in [5.41, 5.74) is 0.474. The lowest BCUT2D eigenvalue weighted by Gasteiger charge is -2.28. The van der Waals surface area contributed by atoms with Gasteiger partial charge in [-0.05, 0) is 50.6 Å². The highest BCUT2D eigenvalue weighted by Crippen LogP contribution is 2.22. The second-order valence-electron chi connectivity index (χ2n) is 5.06. The van der Waals surface area contributed by atoms with Gasteiger partial charge in [0.2, 0.25) is 5.91 Å². The third-order valence-electron chi connectivity index (χ3n) is 3.85. The molecule has 0 aliphatic carbocycles. The Morgan fingerprint density at radius 3 is 2.60 bits per heavy atom. The fourth-order valence-electron chi connectivity index (χ4n) is 2.71. The van der Waals surface area contributed by atoms with Crippen LogP contribution in [0, 0.1) is 5.82 Å². The summed E-state index contributed by atoms with van der Waals surface area (Å²) in [5, 5.41) is 2.64. The molecule has 0 radical (unpaired) electrons. The molecule has 0 bridgehead atoms. The summed E-state index contributed by atoms with van der Waals surface area (Å²) in [7, 11) is 1.60. The van der Waals surface area contributed by atoms with Crippen molar-refractivity contribution in [3.8, 4) is 0 Å². The predicted octanol–water partition coefficient (Wildman–Crippen LogP) is 1.61. The Morgan fingerprint density at radius 1 is 1.35 bits per heavy atom. The maximum atomic E-state index is 12.9. The van der Waals surface area contributed by atoms with Crippen LogP contribution in [0.25, 0.3) is 0 Å². The lowest BCUT2D eigenvalue weighted by atomic mass is 10.0. The van der Waals surface area contributed by atoms with E-state index in [1.54, 1.807) is 14.0 Å². The number of nitrogens with one attached hydrogen (secondary N) is 1. The molecule has 1 aromatic rings. The molecule has 1 amide bonds. The van der Waals surface area contributed by atoms with Crippen molar-refractivity contribution in [1.29, 1.82) is 0 Å². The van der Waals surface area contributed by atoms with Crippen molar-refractivity contribution in [3.63, 3.8) is 0 Å². The number of hydrogen-bond donors (Lipinski definition) is 1. The first kappa shape index (κ1) is 14.7. The van der Waals surface area contributed by atoms with Crippen molar-refractivity contribution < 1.29 is 14.0 Å². The van der Waals surface area contributed by atoms with Gasteiger partial charge in [0.1, 0.15) is 5.82 Å². The van der Waals surface area contributed by atoms with Crippen molar-refractivity contribution >= 4 is 11.7 Å². The van der Waals surface area contributed by atoms with Gasteiger partial charge in [-0.15, -0.1) is 0 Å². The van der Waals surface area contributed by atoms with Gasteiger partial charge in [-0.2, -0.15) is 0 Å². The van der Waals surface area contributed by atoms with Crippen LogP contribution in [0.1, 0.15) is 30.1 Å². The minimum Gasteiger partial charge on any atom is -0.358 e. The van der Waals surface area contributed by atoms with Crippen LogP contribution in [0.15, 0.2) is 24.3 Å². The number of hydrogen-bond acceptors (Lipinski definition) is 3. The predicted molar refractivity (Wildman–Crippen MR) is 74.0 cm³/mol. The quantitative estimate of drug-likeness (QED) is 0.851. The molecule has 108 valence electrons. The molecule has 20 heavy (non-hydrogen) atoms. The molecular weight excluding hydrogens is 259 g/mol. The second kappa shape index (κ2) is 6.13. The summed E-state index contributed by atoms with van der Waals surface area (Å²) >= 11 is 0. The van der Waals surface area contributed by atoms with E-state index in [0.717, 1.165) is 19.4 Å². The third kappa shape index (κ3) is 2.88. The SMILES string of the molecule is CNC(=O)C1CCCN1C(C)C(=O)c1ccc(F)cc1. The van der Waals surface area contributed by atoms with Crippen LogP contribution in [-0.4, -0.2) is 42.3 Å². The van der Waals surface area contributed by atoms with Crippen LogP contribution in [0.5, 0.6) is 0 Å². The highest BCUT2D eigenvalue weighted by atomic mass is 19.1. The van der Waals surface area contributed by atoms with Gasteiger partial charge in [0, 0.05) is 12.6 Å². The molecule has 1 aromatic carbocycles. The number of amides is 1. The third-order valence-corrected chi connectivity index (χ3v) is 3.85. The zero-order valence-corrected chi connectivity index (χ0v) is 11.7. The number of likely N-dealkylation sites (tertiary alicyclic amines) is 1. The van der Waals surface area contributed by atoms with Crippen LogP contribution in [0.4, 0.5) is 4.39 Å². The molecule has 1 aliphatic rings. The van der Waals surface area contributed by atoms with Crippen LogP contribution in [0.2, 0.25) is 0 Å². The molecule has 0 spiro atoms. The van der Waals surface area contributed by atoms with Gasteiger partial charge in [0.05, 0.1) is 12.1 Å². The van der Waals surface area contributed by atoms with E-state index in [4.69, 9.17) is 0 Å². The summed E-state index contributed by atoms with van der Waals surface area (Å²) in [6, 6.07) is 4.89. The Balaban J connectivity index is 2.13. The average molecular weight is 278 g/mol. The lowest BCUT2D eigenvalue weighted by molar-refractivity contribution is -0.125. The van der Waals surface area contributed by atoms with Crippen LogP contribution in [0.3, 0.4) is 0 Å². The van der Waals surface area contributed by atoms with Gasteiger partial charge < -0.3 is 5.32 Å². The first-order valence-corrected chi connectivity index (χ1v) is 6.81. The van der Waals surface area contributed by atoms with Crippen molar-refractivity contribution in [2.75, 3.05) is 13.6 Å². The van der Waals surface area contributed by atoms with Crippen molar-refractivity contribution in [1.82, 2.24) is 10.2 Å². The van der Waals surface area contributed by atoms with Crippen LogP contribution >= 0.6 is 0 Å². The number of nitrogens with zero attached hydrogens (tertiary/aromatic N) is 1. The Hall–Kier alpha value is -1.75. The van der Waals surface area contributed by atoms with Crippen LogP contribution < -0.4 is 5.32 Å². The molecule has 0 saturated carbocycles. The first-order valence-electron chi connectivity index (χ1n) is 6.81. The van der Waals surface area contributed by atoms with E-state index in [0.29, 0.717) is 5.56 Å². The van der Waals surface area contributed by atoms with Gasteiger partial charge >= 0.3 is 0 Å². The standard InChI is InChI=1S/C15H19FN2O2/c1-10(14(19)11-5-7-12(16)8-6-11)18-9-3-4-13(18)15(20)17-2/h5-8,10,13H,3-4,9H2,1-2H3,(H,17,20). The Morgan fingerprint density at radius 2 is 2.00 bits per heavy atom. The van der Waals surface area contributed by atoms with Crippen molar-refractivity contribution in [2.24, 2.45) is 0 Å². The van der Waals surface area contributed by atoms with E-state index in [-0.39, 0.29) is 29.6 Å². The summed E-state index contributed by atoms with van der Waals surface area (Å²) in [6.45, 7) is 2.53. The molecule has 1 saturated heterocycles. The van der Waals surface area contributed by atoms with Gasteiger partial charge in [0.15, 0.2) is 5.78 Å². The highest BCUT2D eigenvalue weighted by Gasteiger charge is 2.36. The number of ketones is 1. The molecular formula is C15H19FN2O2. The van der Waals surface area contributed by atoms with E-state index in [1.807, 2.05) is 4.90 Å². The summed E-state index contributed by atoms with van der Waals surface area (Å²) in [5.74, 6) is -0.499. The normalized spacial score (nSPS) is 20.6. The number of Topliss-reactive ketones (excluding diaryl/α,β-unsaturated/α-hetero) is 1. The molecule has 1 N–H and O–H groups in total. The van der Waals surface area contributed by atoms with Crippen LogP contribution in [-0.2, 0) is 4.79 Å². The summed E-state index contributed by atoms with van der Waals surface area (Å²) in [4.78, 5) is 26.1. The van der Waals surface area contributed by atoms with E-state index < -0.39 is 0 Å². The fourth-order valence-corrected chi connectivity index (χ4v) is 2.71. The van der Waals surface area contributed by atoms with E-state index in [1.165, 1.54) is 24.3 Å². The molecule has 2 atom stereocenters. The molecule has 4 nitrogen and oxygen atoms in total. The fraction of sp³-hybridized carbons (Fsp3) is 0.467. The Labute approximate surface area is 118 Å². The monoisotopic (exact) mass is 278 g/mol. The summed E-state index contributed by atoms with van der Waals surface area (Å²) in [6.07, 6.45) is 1.67. The molecule has 2 rings (SSSR count). The number of carbonyl (C=O) groups excluding carboxylic acids is 2. The number of rotatable bonds is 4. The lowest BCUT2D eigenvalue weighted by Crippen LogP contribution is -2.48. The highest BCUT2D eigenvalue weighted by molar-refractivity contribution is 6.00. The first-order chi connectivity index (χ1) is 9.54. The number of benzene rings is 1. The van der Waals surface area contributed by atoms with Gasteiger partial charge in [-0.1, -0.05) is 0 Å². The Kier molecular flexibility index (Phi) is 4.49. The zero-order chi connectivity index (χ0) is 14.7. The molecule has 1 fully saturated rings. The molecule has 0 aromatic heterocycles. The molecule has 1 aliphatic heterocycles. The minimum atomic E-state index is -0.384. The van der Waals surface area contributed by atoms with E-state index in [9.17, 15) is 14.0 Å². The second-order valence-corrected chi connectivity index (χ2v) is 5.06. The van der Waals surface area contributed by atoms with E-state index in [2.05, 4.69) is 5.32 Å². The molecule has 2 unspecified atom stereocenters. The number of halogens is 1. The van der Waals surface area contributed by atoms with Crippen molar-refractivity contribution in [2.45, 2.75) is 31.8 Å². The van der Waals surface area contributed by atoms with E-state index >= 15 is 0 Å². The van der Waals surface area contributed by atoms with Gasteiger partial charge in [0.25, 0.3) is 0 Å². The Bertz CT molecular complexity index is 501. The largest absolute Gasteiger partial charge is 0.358 e. The number of carbonyl (C=O) groups is 2. The number of likely N-dealkylation sites (N-methyl/N-ethyl adjacent to an activating group) is 1. The smallest absolute Gasteiger partial charge is 0.237 e. The topological polar surface area (TPSA) is 49.4 Å². The maximum absolute atomic E-state index is 12.9. The minimum absolute atomic E-state index is 0.0544. The molecule has 1 heterocycles. The van der Waals surface area contributed by atoms with Gasteiger partial charge in [-0.25, -0.2) is 4.39 Å². The zero-order valence-electron chi connectivity index (χ0n) is 11.7. The van der Waals surface area contributed by atoms with Gasteiger partial charge in [-0.3, -0.25) is 14.5 Å². The maximum Gasteiger partial charge on any atom is 0.237 e. The summed E-state index contributed by atoms with van der Waals surface area (Å²) < 4.78 is 12.9. The molecule has 5 heteroatoms. The van der Waals surface area contributed by atoms with Crippen molar-refractivity contribution in [3.05, 3.63) is 35.6 Å².